The van der Waals surface area contributed by atoms with Gasteiger partial charge in [0.05, 0.1) is 16.9 Å². The molecule has 2 aromatic carbocycles. The first-order valence-corrected chi connectivity index (χ1v) is 13.1. The highest BCUT2D eigenvalue weighted by Gasteiger charge is 2.56. The lowest BCUT2D eigenvalue weighted by molar-refractivity contribution is -0.154. The van der Waals surface area contributed by atoms with Gasteiger partial charge in [0.15, 0.2) is 0 Å². The lowest BCUT2D eigenvalue weighted by atomic mass is 9.57. The molecule has 5 atom stereocenters. The van der Waals surface area contributed by atoms with Gasteiger partial charge in [0, 0.05) is 17.9 Å². The predicted molar refractivity (Wildman–Crippen MR) is 126 cm³/mol. The molecular weight excluding hydrogens is 436 g/mol. The van der Waals surface area contributed by atoms with Gasteiger partial charge < -0.3 is 9.47 Å². The molecule has 174 valence electrons. The third-order valence-corrected chi connectivity index (χ3v) is 9.99. The largest absolute Gasteiger partial charge is 0.497 e. The van der Waals surface area contributed by atoms with Gasteiger partial charge in [-0.1, -0.05) is 37.3 Å². The van der Waals surface area contributed by atoms with E-state index < -0.39 is 9.84 Å². The summed E-state index contributed by atoms with van der Waals surface area (Å²) < 4.78 is 38.8. The monoisotopic (exact) mass is 466 g/mol. The Morgan fingerprint density at radius 1 is 1.06 bits per heavy atom. The summed E-state index contributed by atoms with van der Waals surface area (Å²) in [5.74, 6) is 0.996. The van der Waals surface area contributed by atoms with Crippen molar-refractivity contribution in [2.45, 2.75) is 56.4 Å². The molecule has 0 N–H and O–H groups in total. The molecule has 0 aromatic heterocycles. The van der Waals surface area contributed by atoms with E-state index in [0.29, 0.717) is 15.6 Å². The summed E-state index contributed by atoms with van der Waals surface area (Å²) in [6.07, 6.45) is 5.54. The predicted octanol–water partition coefficient (Wildman–Crippen LogP) is 5.37. The van der Waals surface area contributed by atoms with Crippen LogP contribution in [0.2, 0.25) is 0 Å². The molecule has 0 radical (unpaired) electrons. The Hall–Kier alpha value is -2.60. The van der Waals surface area contributed by atoms with E-state index in [9.17, 15) is 13.2 Å². The summed E-state index contributed by atoms with van der Waals surface area (Å²) in [7, 11) is -2.11. The molecule has 0 bridgehead atoms. The summed E-state index contributed by atoms with van der Waals surface area (Å²) >= 11 is 0. The average molecular weight is 467 g/mol. The molecule has 5 nitrogen and oxygen atoms in total. The van der Waals surface area contributed by atoms with E-state index in [-0.39, 0.29) is 35.2 Å². The molecule has 0 saturated heterocycles. The number of esters is 1. The van der Waals surface area contributed by atoms with Gasteiger partial charge in [-0.2, -0.15) is 0 Å². The third kappa shape index (κ3) is 3.50. The minimum Gasteiger partial charge on any atom is -0.497 e. The van der Waals surface area contributed by atoms with Crippen molar-refractivity contribution in [3.63, 3.8) is 0 Å². The Bertz CT molecular complexity index is 1220. The lowest BCUT2D eigenvalue weighted by Gasteiger charge is -2.49. The Balaban J connectivity index is 1.65. The Kier molecular flexibility index (Phi) is 5.39. The molecule has 3 aliphatic rings. The van der Waals surface area contributed by atoms with Gasteiger partial charge in [-0.3, -0.25) is 4.79 Å². The van der Waals surface area contributed by atoms with E-state index in [0.717, 1.165) is 36.8 Å². The topological polar surface area (TPSA) is 69.7 Å². The zero-order valence-corrected chi connectivity index (χ0v) is 20.1. The maximum Gasteiger partial charge on any atom is 0.302 e. The molecule has 2 fully saturated rings. The van der Waals surface area contributed by atoms with Gasteiger partial charge >= 0.3 is 5.97 Å². The highest BCUT2D eigenvalue weighted by Crippen LogP contribution is 2.62. The number of hydrogen-bond acceptors (Lipinski definition) is 5. The molecule has 1 unspecified atom stereocenters. The van der Waals surface area contributed by atoms with Crippen molar-refractivity contribution in [2.24, 2.45) is 17.3 Å². The van der Waals surface area contributed by atoms with E-state index in [4.69, 9.17) is 9.47 Å². The molecule has 0 spiro atoms. The number of ether oxygens (including phenoxy) is 2. The van der Waals surface area contributed by atoms with Crippen LogP contribution in [0.4, 0.5) is 0 Å². The molecule has 0 heterocycles. The van der Waals surface area contributed by atoms with Crippen molar-refractivity contribution in [1.29, 1.82) is 0 Å². The van der Waals surface area contributed by atoms with Crippen LogP contribution < -0.4 is 4.74 Å². The van der Waals surface area contributed by atoms with Crippen LogP contribution in [-0.4, -0.2) is 27.6 Å². The van der Waals surface area contributed by atoms with Gasteiger partial charge in [0.2, 0.25) is 9.84 Å². The van der Waals surface area contributed by atoms with Crippen LogP contribution in [0, 0.1) is 17.3 Å². The summed E-state index contributed by atoms with van der Waals surface area (Å²) in [5, 5.41) is 0. The number of carbonyl (C=O) groups excluding carboxylic acids is 1. The smallest absolute Gasteiger partial charge is 0.302 e. The fraction of sp³-hybridized carbons (Fsp3) is 0.444. The van der Waals surface area contributed by atoms with Gasteiger partial charge in [-0.25, -0.2) is 8.42 Å². The third-order valence-electron chi connectivity index (χ3n) is 8.17. The summed E-state index contributed by atoms with van der Waals surface area (Å²) in [5.41, 5.74) is 1.68. The average Bonchev–Trinajstić information content (AvgIpc) is 3.14. The number of fused-ring (bicyclic) bond motifs is 5. The van der Waals surface area contributed by atoms with Crippen LogP contribution in [-0.2, 0) is 19.4 Å². The minimum atomic E-state index is -3.71. The summed E-state index contributed by atoms with van der Waals surface area (Å²) in [6.45, 7) is 3.69. The van der Waals surface area contributed by atoms with Gasteiger partial charge in [-0.15, -0.1) is 0 Å². The molecule has 5 rings (SSSR count). The zero-order chi connectivity index (χ0) is 23.4. The van der Waals surface area contributed by atoms with Gasteiger partial charge in [0.1, 0.15) is 11.9 Å². The number of sulfone groups is 1. The van der Waals surface area contributed by atoms with Crippen molar-refractivity contribution in [3.8, 4) is 5.75 Å². The molecule has 2 saturated carbocycles. The standard InChI is InChI=1S/C27H30O5S/c1-17(28)32-26-12-11-24-22-16-25(33(29,30)19-7-5-4-6-8-19)23-15-18(31-3)9-10-20(23)21(22)13-14-27(24,26)2/h4-10,15-16,21-22,24,26H,11-14H2,1-3H3/t21-,22-,24+,26?,27+/m1/s1. The first-order chi connectivity index (χ1) is 15.8. The van der Waals surface area contributed by atoms with Crippen LogP contribution in [0.3, 0.4) is 0 Å². The minimum absolute atomic E-state index is 0.0821. The summed E-state index contributed by atoms with van der Waals surface area (Å²) in [4.78, 5) is 12.4. The van der Waals surface area contributed by atoms with E-state index in [2.05, 4.69) is 6.92 Å². The fourth-order valence-corrected chi connectivity index (χ4v) is 8.13. The zero-order valence-electron chi connectivity index (χ0n) is 19.3. The van der Waals surface area contributed by atoms with E-state index in [1.165, 1.54) is 6.92 Å². The molecule has 0 aliphatic heterocycles. The fourth-order valence-electron chi connectivity index (χ4n) is 6.56. The second-order valence-electron chi connectivity index (χ2n) is 9.81. The van der Waals surface area contributed by atoms with Crippen LogP contribution in [0.1, 0.15) is 56.6 Å². The van der Waals surface area contributed by atoms with Crippen molar-refractivity contribution >= 4 is 20.7 Å². The van der Waals surface area contributed by atoms with E-state index in [1.54, 1.807) is 31.4 Å². The molecule has 0 amide bonds. The second kappa shape index (κ2) is 8.01. The van der Waals surface area contributed by atoms with Crippen LogP contribution in [0.5, 0.6) is 5.75 Å². The van der Waals surface area contributed by atoms with E-state index in [1.807, 2.05) is 30.3 Å². The maximum atomic E-state index is 13.8. The highest BCUT2D eigenvalue weighted by atomic mass is 32.2. The number of benzene rings is 2. The van der Waals surface area contributed by atoms with Crippen LogP contribution >= 0.6 is 0 Å². The Labute approximate surface area is 195 Å². The Morgan fingerprint density at radius 3 is 2.52 bits per heavy atom. The number of carbonyl (C=O) groups is 1. The van der Waals surface area contributed by atoms with Crippen LogP contribution in [0.15, 0.2) is 59.5 Å². The van der Waals surface area contributed by atoms with Gasteiger partial charge in [0.25, 0.3) is 0 Å². The van der Waals surface area contributed by atoms with Crippen molar-refractivity contribution < 1.29 is 22.7 Å². The number of rotatable bonds is 4. The first kappa shape index (κ1) is 22.2. The Morgan fingerprint density at radius 2 is 1.82 bits per heavy atom. The first-order valence-electron chi connectivity index (χ1n) is 11.6. The van der Waals surface area contributed by atoms with Crippen molar-refractivity contribution in [2.75, 3.05) is 7.11 Å². The second-order valence-corrected chi connectivity index (χ2v) is 11.7. The SMILES string of the molecule is COc1ccc2c(c1)C(S(=O)(=O)c1ccccc1)=C[C@@H]1[C@@H]2CC[C@]2(C)C(OC(C)=O)CC[C@@H]12. The molecule has 3 aliphatic carbocycles. The molecule has 2 aromatic rings. The van der Waals surface area contributed by atoms with Crippen LogP contribution in [0.25, 0.3) is 4.91 Å². The molecule has 6 heteroatoms. The normalized spacial score (nSPS) is 30.5. The van der Waals surface area contributed by atoms with E-state index >= 15 is 0 Å². The quantitative estimate of drug-likeness (QED) is 0.567. The lowest BCUT2D eigenvalue weighted by Crippen LogP contribution is -2.44. The maximum absolute atomic E-state index is 13.8. The number of allylic oxidation sites excluding steroid dienone is 1. The molecular formula is C27H30O5S. The van der Waals surface area contributed by atoms with Crippen molar-refractivity contribution in [3.05, 3.63) is 65.7 Å². The van der Waals surface area contributed by atoms with Gasteiger partial charge in [-0.05, 0) is 73.3 Å². The summed E-state index contributed by atoms with van der Waals surface area (Å²) in [6, 6.07) is 14.5. The highest BCUT2D eigenvalue weighted by molar-refractivity contribution is 8.00. The number of hydrogen-bond donors (Lipinski definition) is 0. The molecule has 33 heavy (non-hydrogen) atoms. The number of methoxy groups -OCH3 is 1. The van der Waals surface area contributed by atoms with Crippen molar-refractivity contribution in [1.82, 2.24) is 0 Å².